The van der Waals surface area contributed by atoms with Crippen molar-refractivity contribution in [3.63, 3.8) is 0 Å². The van der Waals surface area contributed by atoms with Crippen LogP contribution in [0.4, 0.5) is 0 Å². The Balaban J connectivity index is 2.39. The molecule has 0 unspecified atom stereocenters. The van der Waals surface area contributed by atoms with E-state index in [1.165, 1.54) is 44.2 Å². The van der Waals surface area contributed by atoms with Gasteiger partial charge in [0.15, 0.2) is 0 Å². The van der Waals surface area contributed by atoms with Crippen LogP contribution < -0.4 is 0 Å². The van der Waals surface area contributed by atoms with Gasteiger partial charge in [-0.2, -0.15) is 0 Å². The van der Waals surface area contributed by atoms with E-state index in [9.17, 15) is 0 Å². The van der Waals surface area contributed by atoms with Gasteiger partial charge in [0.2, 0.25) is 0 Å². The quantitative estimate of drug-likeness (QED) is 0.530. The number of benzene rings is 3. The van der Waals surface area contributed by atoms with Crippen molar-refractivity contribution in [2.75, 3.05) is 0 Å². The third kappa shape index (κ3) is 2.27. The molecule has 0 aliphatic carbocycles. The normalized spacial score (nSPS) is 10.8. The van der Waals surface area contributed by atoms with Crippen LogP contribution in [0.3, 0.4) is 0 Å². The summed E-state index contributed by atoms with van der Waals surface area (Å²) in [5, 5.41) is 2.56. The van der Waals surface area contributed by atoms with Gasteiger partial charge >= 0.3 is 0 Å². The molecule has 0 bridgehead atoms. The fourth-order valence-corrected chi connectivity index (χ4v) is 3.34. The van der Waals surface area contributed by atoms with E-state index in [0.717, 1.165) is 0 Å². The Bertz CT molecular complexity index is 815. The highest BCUT2D eigenvalue weighted by molar-refractivity contribution is 6.01. The molecule has 104 valence electrons. The molecular formula is C21H20. The molecule has 0 atom stereocenters. The van der Waals surface area contributed by atoms with Gasteiger partial charge in [0.05, 0.1) is 0 Å². The SMILES string of the molecule is C=Cc1cccc2c(-c3c(C)cc(C)cc3C)cccc12. The minimum Gasteiger partial charge on any atom is -0.0984 e. The van der Waals surface area contributed by atoms with Crippen LogP contribution in [0.1, 0.15) is 22.3 Å². The molecule has 3 aromatic rings. The molecule has 3 rings (SSSR count). The maximum atomic E-state index is 3.93. The van der Waals surface area contributed by atoms with Gasteiger partial charge in [-0.3, -0.25) is 0 Å². The lowest BCUT2D eigenvalue weighted by atomic mass is 9.89. The van der Waals surface area contributed by atoms with Crippen molar-refractivity contribution in [1.29, 1.82) is 0 Å². The molecule has 0 heteroatoms. The van der Waals surface area contributed by atoms with E-state index >= 15 is 0 Å². The molecular weight excluding hydrogens is 252 g/mol. The van der Waals surface area contributed by atoms with Crippen LogP contribution >= 0.6 is 0 Å². The van der Waals surface area contributed by atoms with Crippen molar-refractivity contribution >= 4 is 16.8 Å². The molecule has 0 N–H and O–H groups in total. The summed E-state index contributed by atoms with van der Waals surface area (Å²) in [7, 11) is 0. The smallest absolute Gasteiger partial charge is 0.00992 e. The molecule has 0 saturated heterocycles. The zero-order valence-corrected chi connectivity index (χ0v) is 12.9. The maximum absolute atomic E-state index is 3.93. The molecule has 0 amide bonds. The zero-order valence-electron chi connectivity index (χ0n) is 12.9. The first-order valence-electron chi connectivity index (χ1n) is 7.34. The lowest BCUT2D eigenvalue weighted by molar-refractivity contribution is 1.32. The third-order valence-electron chi connectivity index (χ3n) is 4.12. The van der Waals surface area contributed by atoms with Crippen LogP contribution in [0, 0.1) is 20.8 Å². The predicted molar refractivity (Wildman–Crippen MR) is 93.7 cm³/mol. The summed E-state index contributed by atoms with van der Waals surface area (Å²) in [6, 6.07) is 17.5. The van der Waals surface area contributed by atoms with Crippen molar-refractivity contribution in [2.45, 2.75) is 20.8 Å². The first-order valence-corrected chi connectivity index (χ1v) is 7.34. The van der Waals surface area contributed by atoms with E-state index in [0.29, 0.717) is 0 Å². The third-order valence-corrected chi connectivity index (χ3v) is 4.12. The van der Waals surface area contributed by atoms with E-state index in [4.69, 9.17) is 0 Å². The Labute approximate surface area is 126 Å². The molecule has 0 heterocycles. The van der Waals surface area contributed by atoms with Gasteiger partial charge < -0.3 is 0 Å². The van der Waals surface area contributed by atoms with Crippen molar-refractivity contribution in [1.82, 2.24) is 0 Å². The summed E-state index contributed by atoms with van der Waals surface area (Å²) in [4.78, 5) is 0. The van der Waals surface area contributed by atoms with Crippen molar-refractivity contribution in [3.05, 3.63) is 77.4 Å². The molecule has 21 heavy (non-hydrogen) atoms. The Morgan fingerprint density at radius 1 is 0.810 bits per heavy atom. The number of rotatable bonds is 2. The van der Waals surface area contributed by atoms with Gasteiger partial charge in [0.1, 0.15) is 0 Å². The molecule has 0 aliphatic rings. The molecule has 0 nitrogen and oxygen atoms in total. The van der Waals surface area contributed by atoms with E-state index in [1.54, 1.807) is 0 Å². The van der Waals surface area contributed by atoms with E-state index < -0.39 is 0 Å². The number of fused-ring (bicyclic) bond motifs is 1. The second-order valence-corrected chi connectivity index (χ2v) is 5.73. The van der Waals surface area contributed by atoms with Crippen LogP contribution in [0.5, 0.6) is 0 Å². The number of hydrogen-bond acceptors (Lipinski definition) is 0. The number of hydrogen-bond donors (Lipinski definition) is 0. The summed E-state index contributed by atoms with van der Waals surface area (Å²) in [5.41, 5.74) is 7.85. The van der Waals surface area contributed by atoms with Gasteiger partial charge in [-0.1, -0.05) is 66.7 Å². The van der Waals surface area contributed by atoms with Crippen molar-refractivity contribution < 1.29 is 0 Å². The summed E-state index contributed by atoms with van der Waals surface area (Å²) in [6.07, 6.45) is 1.93. The second-order valence-electron chi connectivity index (χ2n) is 5.73. The molecule has 0 saturated carbocycles. The maximum Gasteiger partial charge on any atom is -0.00992 e. The molecule has 0 fully saturated rings. The minimum atomic E-state index is 1.19. The highest BCUT2D eigenvalue weighted by atomic mass is 14.1. The lowest BCUT2D eigenvalue weighted by Crippen LogP contribution is -1.91. The summed E-state index contributed by atoms with van der Waals surface area (Å²) in [6.45, 7) is 10.5. The standard InChI is InChI=1S/C21H20/c1-5-17-8-6-10-19-18(17)9-7-11-20(19)21-15(3)12-14(2)13-16(21)4/h5-13H,1H2,2-4H3. The Hall–Kier alpha value is -2.34. The van der Waals surface area contributed by atoms with Gasteiger partial charge in [-0.15, -0.1) is 0 Å². The summed E-state index contributed by atoms with van der Waals surface area (Å²) < 4.78 is 0. The van der Waals surface area contributed by atoms with Crippen LogP contribution in [-0.2, 0) is 0 Å². The second kappa shape index (κ2) is 5.21. The van der Waals surface area contributed by atoms with Gasteiger partial charge in [0.25, 0.3) is 0 Å². The largest absolute Gasteiger partial charge is 0.0984 e. The van der Waals surface area contributed by atoms with E-state index in [2.05, 4.69) is 75.9 Å². The summed E-state index contributed by atoms with van der Waals surface area (Å²) in [5.74, 6) is 0. The first-order chi connectivity index (χ1) is 10.1. The van der Waals surface area contributed by atoms with Crippen LogP contribution in [0.2, 0.25) is 0 Å². The summed E-state index contributed by atoms with van der Waals surface area (Å²) >= 11 is 0. The molecule has 0 spiro atoms. The zero-order chi connectivity index (χ0) is 15.0. The van der Waals surface area contributed by atoms with Crippen molar-refractivity contribution in [3.8, 4) is 11.1 Å². The molecule has 0 aliphatic heterocycles. The van der Waals surface area contributed by atoms with E-state index in [1.807, 2.05) is 6.08 Å². The fraction of sp³-hybridized carbons (Fsp3) is 0.143. The van der Waals surface area contributed by atoms with Gasteiger partial charge in [0, 0.05) is 0 Å². The highest BCUT2D eigenvalue weighted by Crippen LogP contribution is 2.35. The fourth-order valence-electron chi connectivity index (χ4n) is 3.34. The van der Waals surface area contributed by atoms with Crippen molar-refractivity contribution in [2.24, 2.45) is 0 Å². The van der Waals surface area contributed by atoms with Crippen LogP contribution in [0.15, 0.2) is 55.1 Å². The molecule has 0 radical (unpaired) electrons. The first kappa shape index (κ1) is 13.6. The Morgan fingerprint density at radius 2 is 1.43 bits per heavy atom. The topological polar surface area (TPSA) is 0 Å². The minimum absolute atomic E-state index is 1.19. The Kier molecular flexibility index (Phi) is 3.39. The van der Waals surface area contributed by atoms with Crippen LogP contribution in [-0.4, -0.2) is 0 Å². The van der Waals surface area contributed by atoms with Gasteiger partial charge in [-0.05, 0) is 59.4 Å². The molecule has 0 aromatic heterocycles. The molecule has 3 aromatic carbocycles. The Morgan fingerprint density at radius 3 is 2.10 bits per heavy atom. The van der Waals surface area contributed by atoms with Gasteiger partial charge in [-0.25, -0.2) is 0 Å². The van der Waals surface area contributed by atoms with Crippen LogP contribution in [0.25, 0.3) is 28.0 Å². The van der Waals surface area contributed by atoms with E-state index in [-0.39, 0.29) is 0 Å². The number of aryl methyl sites for hydroxylation is 3. The predicted octanol–water partition coefficient (Wildman–Crippen LogP) is 6.08. The monoisotopic (exact) mass is 272 g/mol. The average Bonchev–Trinajstić information content (AvgIpc) is 2.45. The average molecular weight is 272 g/mol. The highest BCUT2D eigenvalue weighted by Gasteiger charge is 2.10. The lowest BCUT2D eigenvalue weighted by Gasteiger charge is -2.15.